The van der Waals surface area contributed by atoms with E-state index in [-0.39, 0.29) is 13.7 Å². The molecule has 17 heavy (non-hydrogen) atoms. The van der Waals surface area contributed by atoms with Gasteiger partial charge in [0.2, 0.25) is 0 Å². The van der Waals surface area contributed by atoms with E-state index in [1.54, 1.807) is 0 Å². The minimum atomic E-state index is -0.0962. The van der Waals surface area contributed by atoms with Gasteiger partial charge in [0.15, 0.2) is 0 Å². The fourth-order valence-electron chi connectivity index (χ4n) is 5.02. The van der Waals surface area contributed by atoms with Gasteiger partial charge in [-0.2, -0.15) is 19.5 Å². The van der Waals surface area contributed by atoms with Gasteiger partial charge in [0.1, 0.15) is 0 Å². The van der Waals surface area contributed by atoms with Crippen molar-refractivity contribution in [3.63, 3.8) is 0 Å². The molecular weight excluding hydrogens is 222 g/mol. The van der Waals surface area contributed by atoms with E-state index in [1.165, 1.54) is 25.7 Å². The molecule has 0 aromatic heterocycles. The lowest BCUT2D eigenvalue weighted by atomic mass is 9.42. The van der Waals surface area contributed by atoms with E-state index in [4.69, 9.17) is 0 Å². The van der Waals surface area contributed by atoms with E-state index < -0.39 is 0 Å². The van der Waals surface area contributed by atoms with Gasteiger partial charge in [-0.1, -0.05) is 64.7 Å². The summed E-state index contributed by atoms with van der Waals surface area (Å²) in [6.45, 7) is 15.5. The predicted octanol–water partition coefficient (Wildman–Crippen LogP) is 5.68. The summed E-state index contributed by atoms with van der Waals surface area (Å²) in [6, 6.07) is 0. The Kier molecular flexibility index (Phi) is 3.99. The molecule has 0 N–H and O–H groups in total. The van der Waals surface area contributed by atoms with Crippen LogP contribution in [-0.4, -0.2) is 17.2 Å². The molecule has 0 nitrogen and oxygen atoms in total. The summed E-state index contributed by atoms with van der Waals surface area (Å²) in [5.41, 5.74) is 2.01. The third-order valence-corrected chi connectivity index (χ3v) is 11.4. The second kappa shape index (κ2) is 4.88. The summed E-state index contributed by atoms with van der Waals surface area (Å²) in [5.74, 6) is 2.90. The van der Waals surface area contributed by atoms with E-state index in [0.717, 1.165) is 29.0 Å². The summed E-state index contributed by atoms with van der Waals surface area (Å²) in [4.78, 5) is 0. The summed E-state index contributed by atoms with van der Waals surface area (Å²) in [7, 11) is 0.262. The van der Waals surface area contributed by atoms with Crippen molar-refractivity contribution >= 4 is 13.7 Å². The van der Waals surface area contributed by atoms with Crippen LogP contribution < -0.4 is 0 Å². The number of hydrogen-bond acceptors (Lipinski definition) is 0. The van der Waals surface area contributed by atoms with Crippen LogP contribution in [0.25, 0.3) is 0 Å². The third kappa shape index (κ3) is 2.22. The predicted molar refractivity (Wildman–Crippen MR) is 83.9 cm³/mol. The van der Waals surface area contributed by atoms with Crippen LogP contribution >= 0.6 is 7.80 Å². The molecule has 1 aliphatic heterocycles. The molecule has 2 aliphatic rings. The van der Waals surface area contributed by atoms with Gasteiger partial charge < -0.3 is 0 Å². The van der Waals surface area contributed by atoms with Crippen molar-refractivity contribution in [1.29, 1.82) is 0 Å². The number of rotatable bonds is 2. The monoisotopic (exact) mass is 253 g/mol. The van der Waals surface area contributed by atoms with E-state index in [2.05, 4.69) is 41.3 Å². The molecule has 1 saturated carbocycles. The summed E-state index contributed by atoms with van der Waals surface area (Å²) < 4.78 is 0. The smallest absolute Gasteiger partial charge is 0.0241 e. The maximum atomic E-state index is 2.67. The highest BCUT2D eigenvalue weighted by atomic mass is 31.1. The molecular formula is C15H31BP-. The van der Waals surface area contributed by atoms with Crippen LogP contribution in [0.15, 0.2) is 0 Å². The molecule has 4 atom stereocenters. The molecule has 2 rings (SSSR count). The highest BCUT2D eigenvalue weighted by Crippen LogP contribution is 2.69. The fourth-order valence-corrected chi connectivity index (χ4v) is 10.6. The molecule has 1 saturated heterocycles. The summed E-state index contributed by atoms with van der Waals surface area (Å²) in [6.07, 6.45) is 6.09. The minimum absolute atomic E-state index is 0.0962. The zero-order chi connectivity index (χ0) is 12.8. The molecule has 0 amide bonds. The highest BCUT2D eigenvalue weighted by Gasteiger charge is 2.45. The van der Waals surface area contributed by atoms with Crippen LogP contribution in [0.4, 0.5) is 0 Å². The largest absolute Gasteiger partial charge is 0.270 e. The van der Waals surface area contributed by atoms with Crippen LogP contribution in [0.2, 0.25) is 19.5 Å². The van der Waals surface area contributed by atoms with Gasteiger partial charge in [-0.3, -0.25) is 7.80 Å². The molecule has 2 fully saturated rings. The topological polar surface area (TPSA) is 0 Å². The van der Waals surface area contributed by atoms with Crippen LogP contribution in [0.1, 0.15) is 53.4 Å². The highest BCUT2D eigenvalue weighted by molar-refractivity contribution is 7.96. The second-order valence-electron chi connectivity index (χ2n) is 7.60. The lowest BCUT2D eigenvalue weighted by molar-refractivity contribution is 0.413. The molecule has 0 aromatic carbocycles. The van der Waals surface area contributed by atoms with Crippen molar-refractivity contribution < 1.29 is 0 Å². The zero-order valence-corrected chi connectivity index (χ0v) is 13.6. The van der Waals surface area contributed by atoms with Crippen LogP contribution in [0, 0.1) is 11.8 Å². The first-order valence-corrected chi connectivity index (χ1v) is 9.44. The molecule has 1 aliphatic carbocycles. The first-order chi connectivity index (χ1) is 7.87. The van der Waals surface area contributed by atoms with Gasteiger partial charge in [-0.05, 0) is 11.8 Å². The third-order valence-electron chi connectivity index (χ3n) is 6.61. The summed E-state index contributed by atoms with van der Waals surface area (Å²) >= 11 is 0. The van der Waals surface area contributed by atoms with E-state index in [1.807, 2.05) is 0 Å². The van der Waals surface area contributed by atoms with Gasteiger partial charge in [0.05, 0.1) is 0 Å². The molecule has 0 aromatic rings. The Morgan fingerprint density at radius 2 is 1.24 bits per heavy atom. The SMILES string of the molecule is CC1C(C)C(C)P([B-](C)(C)C2CCCC2)C1C. The van der Waals surface area contributed by atoms with Crippen LogP contribution in [0.5, 0.6) is 0 Å². The van der Waals surface area contributed by atoms with E-state index in [9.17, 15) is 0 Å². The summed E-state index contributed by atoms with van der Waals surface area (Å²) in [5, 5.41) is 0. The van der Waals surface area contributed by atoms with Gasteiger partial charge in [-0.25, -0.2) is 0 Å². The maximum absolute atomic E-state index is 2.67. The van der Waals surface area contributed by atoms with Gasteiger partial charge in [0.25, 0.3) is 0 Å². The Morgan fingerprint density at radius 3 is 1.65 bits per heavy atom. The average Bonchev–Trinajstić information content (AvgIpc) is 2.85. The number of hydrogen-bond donors (Lipinski definition) is 0. The lowest BCUT2D eigenvalue weighted by Crippen LogP contribution is -2.34. The average molecular weight is 253 g/mol. The lowest BCUT2D eigenvalue weighted by Gasteiger charge is -2.50. The minimum Gasteiger partial charge on any atom is -0.270 e. The van der Waals surface area contributed by atoms with Crippen LogP contribution in [0.3, 0.4) is 0 Å². The Hall–Kier alpha value is 0.495. The van der Waals surface area contributed by atoms with Crippen molar-refractivity contribution in [2.24, 2.45) is 11.8 Å². The fraction of sp³-hybridized carbons (Fsp3) is 1.00. The van der Waals surface area contributed by atoms with Crippen LogP contribution in [-0.2, 0) is 0 Å². The quantitative estimate of drug-likeness (QED) is 0.438. The van der Waals surface area contributed by atoms with Crippen molar-refractivity contribution in [3.05, 3.63) is 0 Å². The molecule has 1 heterocycles. The van der Waals surface area contributed by atoms with E-state index in [0.29, 0.717) is 0 Å². The molecule has 0 spiro atoms. The molecule has 100 valence electrons. The molecule has 0 bridgehead atoms. The molecule has 4 unspecified atom stereocenters. The Morgan fingerprint density at radius 1 is 0.824 bits per heavy atom. The van der Waals surface area contributed by atoms with Crippen molar-refractivity contribution in [2.75, 3.05) is 0 Å². The maximum Gasteiger partial charge on any atom is 0.0241 e. The molecule has 2 heteroatoms. The Balaban J connectivity index is 2.20. The first kappa shape index (κ1) is 13.9. The van der Waals surface area contributed by atoms with Gasteiger partial charge in [-0.15, -0.1) is 0 Å². The Labute approximate surface area is 110 Å². The second-order valence-corrected chi connectivity index (χ2v) is 11.5. The van der Waals surface area contributed by atoms with E-state index >= 15 is 0 Å². The molecule has 0 radical (unpaired) electrons. The van der Waals surface area contributed by atoms with Crippen molar-refractivity contribution in [2.45, 2.75) is 84.2 Å². The van der Waals surface area contributed by atoms with Gasteiger partial charge >= 0.3 is 0 Å². The Bertz CT molecular complexity index is 256. The first-order valence-electron chi connectivity index (χ1n) is 7.89. The normalized spacial score (nSPS) is 44.5. The van der Waals surface area contributed by atoms with Crippen molar-refractivity contribution in [1.82, 2.24) is 0 Å². The zero-order valence-electron chi connectivity index (χ0n) is 12.7. The standard InChI is InChI=1S/C15H31BP/c1-11-12(2)14(4)17(13(11)3)16(5,6)15-9-7-8-10-15/h11-15H,7-10H2,1-6H3/q-1. The van der Waals surface area contributed by atoms with Crippen molar-refractivity contribution in [3.8, 4) is 0 Å². The van der Waals surface area contributed by atoms with Gasteiger partial charge in [0, 0.05) is 5.87 Å².